The van der Waals surface area contributed by atoms with Crippen LogP contribution in [0.25, 0.3) is 0 Å². The van der Waals surface area contributed by atoms with Gasteiger partial charge in [-0.2, -0.15) is 0 Å². The average Bonchev–Trinajstić information content (AvgIpc) is 2.09. The largest absolute Gasteiger partial charge is 0.480 e. The number of hydrogen-bond donors (Lipinski definition) is 2. The quantitative estimate of drug-likeness (QED) is 0.586. The van der Waals surface area contributed by atoms with Crippen LogP contribution < -0.4 is 0 Å². The molecule has 0 saturated carbocycles. The van der Waals surface area contributed by atoms with E-state index in [2.05, 4.69) is 28.2 Å². The predicted molar refractivity (Wildman–Crippen MR) is 71.4 cm³/mol. The first-order valence-electron chi connectivity index (χ1n) is 6.12. The molecule has 0 bridgehead atoms. The molecule has 0 fully saturated rings. The highest BCUT2D eigenvalue weighted by molar-refractivity contribution is 5.98. The van der Waals surface area contributed by atoms with Crippen LogP contribution in [0.1, 0.15) is 33.6 Å². The van der Waals surface area contributed by atoms with E-state index in [1.165, 1.54) is 0 Å². The normalized spacial score (nSPS) is 11.8. The fourth-order valence-corrected chi connectivity index (χ4v) is 1.41. The van der Waals surface area contributed by atoms with E-state index in [1.54, 1.807) is 6.92 Å². The fraction of sp³-hybridized carbons (Fsp3) is 0.846. The van der Waals surface area contributed by atoms with Crippen molar-refractivity contribution in [3.8, 4) is 0 Å². The van der Waals surface area contributed by atoms with E-state index in [-0.39, 0.29) is 18.8 Å². The number of carboxylic acids is 2. The predicted octanol–water partition coefficient (Wildman–Crippen LogP) is 1.92. The Balaban J connectivity index is 0. The van der Waals surface area contributed by atoms with E-state index in [0.29, 0.717) is 0 Å². The molecule has 0 unspecified atom stereocenters. The van der Waals surface area contributed by atoms with Crippen molar-refractivity contribution in [2.75, 3.05) is 28.2 Å². The van der Waals surface area contributed by atoms with Crippen LogP contribution >= 0.6 is 0 Å². The standard InChI is InChI=1S/C9H16O4.C4H12N/c1-4-9(7(10)11,8(12)13)5-6(2)3;1-5(2,3)4/h6H,4-5H2,1-3H3,(H,10,11)(H,12,13);1-4H3/q;+1. The molecule has 0 aromatic carbocycles. The summed E-state index contributed by atoms with van der Waals surface area (Å²) in [6.07, 6.45) is 0.296. The Labute approximate surface area is 110 Å². The maximum atomic E-state index is 10.8. The molecule has 0 rings (SSSR count). The van der Waals surface area contributed by atoms with E-state index >= 15 is 0 Å². The zero-order valence-corrected chi connectivity index (χ0v) is 12.6. The van der Waals surface area contributed by atoms with Gasteiger partial charge in [0.15, 0.2) is 5.41 Å². The van der Waals surface area contributed by atoms with Crippen LogP contribution in [0.2, 0.25) is 0 Å². The van der Waals surface area contributed by atoms with Gasteiger partial charge in [0.2, 0.25) is 0 Å². The Morgan fingerprint density at radius 2 is 1.33 bits per heavy atom. The van der Waals surface area contributed by atoms with Crippen LogP contribution in [-0.2, 0) is 9.59 Å². The van der Waals surface area contributed by atoms with Gasteiger partial charge in [0.25, 0.3) is 0 Å². The van der Waals surface area contributed by atoms with Crippen molar-refractivity contribution in [1.29, 1.82) is 0 Å². The second-order valence-electron chi connectivity index (χ2n) is 6.33. The summed E-state index contributed by atoms with van der Waals surface area (Å²) in [5.74, 6) is -2.42. The number of carbonyl (C=O) groups is 2. The highest BCUT2D eigenvalue weighted by Gasteiger charge is 2.45. The summed E-state index contributed by atoms with van der Waals surface area (Å²) < 4.78 is 1.00. The van der Waals surface area contributed by atoms with Gasteiger partial charge in [0, 0.05) is 0 Å². The van der Waals surface area contributed by atoms with E-state index in [4.69, 9.17) is 10.2 Å². The third-order valence-electron chi connectivity index (χ3n) is 2.18. The molecule has 0 atom stereocenters. The van der Waals surface area contributed by atoms with Crippen molar-refractivity contribution >= 4 is 11.9 Å². The second kappa shape index (κ2) is 7.36. The Hall–Kier alpha value is -1.10. The lowest BCUT2D eigenvalue weighted by Crippen LogP contribution is -2.39. The molecule has 0 aliphatic carbocycles. The molecule has 5 heteroatoms. The van der Waals surface area contributed by atoms with Crippen molar-refractivity contribution in [2.45, 2.75) is 33.6 Å². The molecule has 0 spiro atoms. The van der Waals surface area contributed by atoms with Crippen LogP contribution in [0.15, 0.2) is 0 Å². The molecule has 0 aliphatic rings. The van der Waals surface area contributed by atoms with E-state index in [0.717, 1.165) is 4.48 Å². The minimum Gasteiger partial charge on any atom is -0.480 e. The molecule has 0 amide bonds. The van der Waals surface area contributed by atoms with Crippen LogP contribution in [0.4, 0.5) is 0 Å². The summed E-state index contributed by atoms with van der Waals surface area (Å²) in [7, 11) is 8.50. The number of quaternary nitrogens is 1. The van der Waals surface area contributed by atoms with E-state index in [1.807, 2.05) is 13.8 Å². The third kappa shape index (κ3) is 8.06. The Morgan fingerprint density at radius 3 is 1.39 bits per heavy atom. The number of aliphatic carboxylic acids is 2. The molecule has 2 N–H and O–H groups in total. The first-order valence-corrected chi connectivity index (χ1v) is 6.12. The van der Waals surface area contributed by atoms with Gasteiger partial charge in [-0.25, -0.2) is 0 Å². The second-order valence-corrected chi connectivity index (χ2v) is 6.33. The Morgan fingerprint density at radius 1 is 1.06 bits per heavy atom. The molecule has 108 valence electrons. The molecule has 5 nitrogen and oxygen atoms in total. The molecule has 0 aliphatic heterocycles. The molecule has 0 aromatic rings. The zero-order valence-electron chi connectivity index (χ0n) is 12.6. The molecule has 0 saturated heterocycles. The molecule has 0 heterocycles. The summed E-state index contributed by atoms with van der Waals surface area (Å²) in [4.78, 5) is 21.7. The van der Waals surface area contributed by atoms with E-state index in [9.17, 15) is 9.59 Å². The van der Waals surface area contributed by atoms with Crippen molar-refractivity contribution in [3.63, 3.8) is 0 Å². The minimum absolute atomic E-state index is 0.0622. The van der Waals surface area contributed by atoms with Crippen molar-refractivity contribution < 1.29 is 24.3 Å². The SMILES string of the molecule is CCC(CC(C)C)(C(=O)O)C(=O)O.C[N+](C)(C)C. The van der Waals surface area contributed by atoms with Gasteiger partial charge in [-0.15, -0.1) is 0 Å². The van der Waals surface area contributed by atoms with Crippen LogP contribution in [0.3, 0.4) is 0 Å². The maximum absolute atomic E-state index is 10.8. The van der Waals surface area contributed by atoms with Crippen molar-refractivity contribution in [1.82, 2.24) is 0 Å². The highest BCUT2D eigenvalue weighted by atomic mass is 16.4. The maximum Gasteiger partial charge on any atom is 0.321 e. The van der Waals surface area contributed by atoms with Crippen molar-refractivity contribution in [2.24, 2.45) is 11.3 Å². The van der Waals surface area contributed by atoms with Gasteiger partial charge in [0.05, 0.1) is 28.2 Å². The van der Waals surface area contributed by atoms with Gasteiger partial charge >= 0.3 is 11.9 Å². The van der Waals surface area contributed by atoms with Gasteiger partial charge in [-0.3, -0.25) is 9.59 Å². The number of carboxylic acid groups (broad SMARTS) is 2. The minimum atomic E-state index is -1.60. The Kier molecular flexibility index (Phi) is 7.87. The third-order valence-corrected chi connectivity index (χ3v) is 2.18. The lowest BCUT2D eigenvalue weighted by atomic mass is 9.78. The summed E-state index contributed by atoms with van der Waals surface area (Å²) in [6, 6.07) is 0. The van der Waals surface area contributed by atoms with Gasteiger partial charge in [-0.05, 0) is 18.8 Å². The summed E-state index contributed by atoms with van der Waals surface area (Å²) in [5, 5.41) is 17.7. The van der Waals surface area contributed by atoms with Gasteiger partial charge in [-0.1, -0.05) is 20.8 Å². The molecule has 18 heavy (non-hydrogen) atoms. The highest BCUT2D eigenvalue weighted by Crippen LogP contribution is 2.31. The number of nitrogens with zero attached hydrogens (tertiary/aromatic N) is 1. The lowest BCUT2D eigenvalue weighted by molar-refractivity contribution is -0.849. The fourth-order valence-electron chi connectivity index (χ4n) is 1.41. The molecular formula is C13H28NO4+. The summed E-state index contributed by atoms with van der Waals surface area (Å²) in [6.45, 7) is 5.22. The molecule has 0 aromatic heterocycles. The first kappa shape index (κ1) is 19.2. The monoisotopic (exact) mass is 262 g/mol. The molecular weight excluding hydrogens is 234 g/mol. The van der Waals surface area contributed by atoms with Gasteiger partial charge in [0.1, 0.15) is 0 Å². The number of hydrogen-bond acceptors (Lipinski definition) is 2. The Bertz CT molecular complexity index is 259. The van der Waals surface area contributed by atoms with E-state index < -0.39 is 17.4 Å². The smallest absolute Gasteiger partial charge is 0.321 e. The zero-order chi connectivity index (χ0) is 15.1. The van der Waals surface area contributed by atoms with Gasteiger partial charge < -0.3 is 14.7 Å². The topological polar surface area (TPSA) is 74.6 Å². The van der Waals surface area contributed by atoms with Crippen LogP contribution in [-0.4, -0.2) is 54.8 Å². The summed E-state index contributed by atoms with van der Waals surface area (Å²) in [5.41, 5.74) is -1.60. The molecule has 0 radical (unpaired) electrons. The van der Waals surface area contributed by atoms with Crippen LogP contribution in [0.5, 0.6) is 0 Å². The number of rotatable bonds is 5. The van der Waals surface area contributed by atoms with Crippen LogP contribution in [0, 0.1) is 11.3 Å². The van der Waals surface area contributed by atoms with Crippen molar-refractivity contribution in [3.05, 3.63) is 0 Å². The summed E-state index contributed by atoms with van der Waals surface area (Å²) >= 11 is 0. The lowest BCUT2D eigenvalue weighted by Gasteiger charge is -2.24. The average molecular weight is 262 g/mol. The first-order chi connectivity index (χ1) is 7.86.